The van der Waals surface area contributed by atoms with Crippen molar-refractivity contribution in [3.05, 3.63) is 29.0 Å². The summed E-state index contributed by atoms with van der Waals surface area (Å²) in [6.45, 7) is 9.81. The van der Waals surface area contributed by atoms with E-state index >= 15 is 0 Å². The molecule has 0 radical (unpaired) electrons. The Labute approximate surface area is 159 Å². The molecule has 0 aromatic heterocycles. The molecule has 2 nitrogen and oxygen atoms in total. The summed E-state index contributed by atoms with van der Waals surface area (Å²) in [6.07, 6.45) is -0.351. The Morgan fingerprint density at radius 1 is 0.905 bits per heavy atom. The van der Waals surface area contributed by atoms with Crippen LogP contribution in [0.2, 0.25) is 0 Å². The number of hydrogen-bond acceptors (Lipinski definition) is 2. The summed E-state index contributed by atoms with van der Waals surface area (Å²) >= 11 is 14.3. The molecule has 0 heterocycles. The largest absolute Gasteiger partial charge is 0.457 e. The predicted octanol–water partition coefficient (Wildman–Crippen LogP) is 6.94. The summed E-state index contributed by atoms with van der Waals surface area (Å²) < 4.78 is 9.32. The minimum absolute atomic E-state index is 0.123. The summed E-state index contributed by atoms with van der Waals surface area (Å²) in [6, 6.07) is 0. The van der Waals surface area contributed by atoms with Gasteiger partial charge in [-0.2, -0.15) is 0 Å². The fourth-order valence-corrected chi connectivity index (χ4v) is 4.72. The van der Waals surface area contributed by atoms with Crippen LogP contribution in [-0.2, 0) is 9.53 Å². The molecule has 118 valence electrons. The van der Waals surface area contributed by atoms with Gasteiger partial charge in [-0.25, -0.2) is 0 Å². The number of esters is 1. The van der Waals surface area contributed by atoms with Crippen molar-refractivity contribution in [2.75, 3.05) is 0 Å². The Morgan fingerprint density at radius 3 is 1.71 bits per heavy atom. The van der Waals surface area contributed by atoms with Gasteiger partial charge in [0.15, 0.2) is 0 Å². The molecule has 0 bridgehead atoms. The Morgan fingerprint density at radius 2 is 1.33 bits per heavy atom. The van der Waals surface area contributed by atoms with Gasteiger partial charge in [-0.1, -0.05) is 20.8 Å². The van der Waals surface area contributed by atoms with Gasteiger partial charge < -0.3 is 4.74 Å². The maximum atomic E-state index is 12.2. The average Bonchev–Trinajstić information content (AvgIpc) is 2.42. The van der Waals surface area contributed by atoms with Gasteiger partial charge >= 0.3 is 5.97 Å². The second-order valence-corrected chi connectivity index (χ2v) is 8.58. The quantitative estimate of drug-likeness (QED) is 0.300. The zero-order valence-electron chi connectivity index (χ0n) is 12.6. The topological polar surface area (TPSA) is 26.3 Å². The summed E-state index contributed by atoms with van der Waals surface area (Å²) in [5.74, 6) is -0.0421. The molecule has 2 atom stereocenters. The molecule has 0 spiro atoms. The van der Waals surface area contributed by atoms with Crippen molar-refractivity contribution in [1.29, 1.82) is 0 Å². The normalized spacial score (nSPS) is 14.2. The van der Waals surface area contributed by atoms with Crippen LogP contribution >= 0.6 is 63.7 Å². The molecule has 0 aliphatic heterocycles. The molecular weight excluding hydrogens is 532 g/mol. The lowest BCUT2D eigenvalue weighted by molar-refractivity contribution is -0.154. The highest BCUT2D eigenvalue weighted by atomic mass is 79.9. The van der Waals surface area contributed by atoms with E-state index in [0.717, 1.165) is 29.0 Å². The molecule has 21 heavy (non-hydrogen) atoms. The van der Waals surface area contributed by atoms with Crippen LogP contribution in [-0.4, -0.2) is 5.97 Å². The molecule has 0 amide bonds. The maximum Gasteiger partial charge on any atom is 0.309 e. The van der Waals surface area contributed by atoms with E-state index in [-0.39, 0.29) is 23.9 Å². The number of carbonyl (C=O) groups is 1. The standard InChI is InChI=1S/C15H18Br4O2/c1-6(2)7(3)15(20)21-9(5)10-13(18)11(16)8(4)12(17)14(10)19/h6-7,9H,1-5H3. The van der Waals surface area contributed by atoms with Gasteiger partial charge in [0.2, 0.25) is 0 Å². The Bertz CT molecular complexity index is 526. The average molecular weight is 550 g/mol. The highest BCUT2D eigenvalue weighted by Crippen LogP contribution is 2.44. The zero-order valence-corrected chi connectivity index (χ0v) is 18.9. The third-order valence-corrected chi connectivity index (χ3v) is 8.28. The fourth-order valence-electron chi connectivity index (χ4n) is 1.73. The first kappa shape index (κ1) is 19.7. The molecule has 2 unspecified atom stereocenters. The monoisotopic (exact) mass is 546 g/mol. The second-order valence-electron chi connectivity index (χ2n) is 5.41. The van der Waals surface area contributed by atoms with E-state index in [2.05, 4.69) is 63.7 Å². The Kier molecular flexibility index (Phi) is 7.42. The van der Waals surface area contributed by atoms with E-state index in [4.69, 9.17) is 4.74 Å². The Hall–Kier alpha value is 0.610. The number of rotatable bonds is 4. The van der Waals surface area contributed by atoms with Crippen LogP contribution in [0.5, 0.6) is 0 Å². The van der Waals surface area contributed by atoms with E-state index < -0.39 is 0 Å². The molecule has 0 aliphatic carbocycles. The molecule has 6 heteroatoms. The SMILES string of the molecule is Cc1c(Br)c(Br)c(C(C)OC(=O)C(C)C(C)C)c(Br)c1Br. The van der Waals surface area contributed by atoms with E-state index in [1.165, 1.54) is 0 Å². The fraction of sp³-hybridized carbons (Fsp3) is 0.533. The van der Waals surface area contributed by atoms with Crippen molar-refractivity contribution in [2.45, 2.75) is 40.7 Å². The minimum Gasteiger partial charge on any atom is -0.457 e. The molecule has 1 rings (SSSR count). The first-order valence-corrected chi connectivity index (χ1v) is 9.79. The van der Waals surface area contributed by atoms with Crippen molar-refractivity contribution >= 4 is 69.7 Å². The third-order valence-electron chi connectivity index (χ3n) is 3.59. The highest BCUT2D eigenvalue weighted by Gasteiger charge is 2.26. The minimum atomic E-state index is -0.351. The first-order valence-electron chi connectivity index (χ1n) is 6.62. The van der Waals surface area contributed by atoms with Crippen LogP contribution in [0.3, 0.4) is 0 Å². The Balaban J connectivity index is 3.15. The van der Waals surface area contributed by atoms with Gasteiger partial charge in [0.05, 0.1) is 5.92 Å². The van der Waals surface area contributed by atoms with Crippen LogP contribution in [0.15, 0.2) is 17.9 Å². The summed E-state index contributed by atoms with van der Waals surface area (Å²) in [7, 11) is 0. The van der Waals surface area contributed by atoms with Gasteiger partial charge in [-0.05, 0) is 89.0 Å². The lowest BCUT2D eigenvalue weighted by Crippen LogP contribution is -2.21. The van der Waals surface area contributed by atoms with Crippen LogP contribution < -0.4 is 0 Å². The number of ether oxygens (including phenoxy) is 1. The maximum absolute atomic E-state index is 12.2. The molecular formula is C15H18Br4O2. The molecule has 0 fully saturated rings. The highest BCUT2D eigenvalue weighted by molar-refractivity contribution is 9.14. The lowest BCUT2D eigenvalue weighted by atomic mass is 9.98. The molecule has 0 N–H and O–H groups in total. The third kappa shape index (κ3) is 4.33. The number of benzene rings is 1. The van der Waals surface area contributed by atoms with Gasteiger partial charge in [-0.3, -0.25) is 4.79 Å². The van der Waals surface area contributed by atoms with Crippen molar-refractivity contribution < 1.29 is 9.53 Å². The molecule has 1 aromatic rings. The summed E-state index contributed by atoms with van der Waals surface area (Å²) in [5, 5.41) is 0. The molecule has 0 aliphatic rings. The number of halogens is 4. The van der Waals surface area contributed by atoms with E-state index in [1.54, 1.807) is 0 Å². The molecule has 0 saturated carbocycles. The zero-order chi connectivity index (χ0) is 16.5. The summed E-state index contributed by atoms with van der Waals surface area (Å²) in [5.41, 5.74) is 1.98. The number of hydrogen-bond donors (Lipinski definition) is 0. The summed E-state index contributed by atoms with van der Waals surface area (Å²) in [4.78, 5) is 12.2. The van der Waals surface area contributed by atoms with Crippen LogP contribution in [0.1, 0.15) is 44.9 Å². The van der Waals surface area contributed by atoms with Crippen LogP contribution in [0, 0.1) is 18.8 Å². The van der Waals surface area contributed by atoms with E-state index in [9.17, 15) is 4.79 Å². The van der Waals surface area contributed by atoms with Crippen LogP contribution in [0.4, 0.5) is 0 Å². The smallest absolute Gasteiger partial charge is 0.309 e. The van der Waals surface area contributed by atoms with Gasteiger partial charge in [0.1, 0.15) is 6.10 Å². The van der Waals surface area contributed by atoms with E-state index in [0.29, 0.717) is 0 Å². The lowest BCUT2D eigenvalue weighted by Gasteiger charge is -2.22. The van der Waals surface area contributed by atoms with Crippen molar-refractivity contribution in [2.24, 2.45) is 11.8 Å². The number of carbonyl (C=O) groups excluding carboxylic acids is 1. The van der Waals surface area contributed by atoms with Crippen molar-refractivity contribution in [3.63, 3.8) is 0 Å². The van der Waals surface area contributed by atoms with Crippen LogP contribution in [0.25, 0.3) is 0 Å². The molecule has 1 aromatic carbocycles. The van der Waals surface area contributed by atoms with Gasteiger partial charge in [0.25, 0.3) is 0 Å². The molecule has 0 saturated heterocycles. The van der Waals surface area contributed by atoms with Crippen molar-refractivity contribution in [1.82, 2.24) is 0 Å². The second kappa shape index (κ2) is 7.93. The van der Waals surface area contributed by atoms with E-state index in [1.807, 2.05) is 34.6 Å². The van der Waals surface area contributed by atoms with Crippen molar-refractivity contribution in [3.8, 4) is 0 Å². The first-order chi connectivity index (χ1) is 9.59. The van der Waals surface area contributed by atoms with Gasteiger partial charge in [-0.15, -0.1) is 0 Å². The van der Waals surface area contributed by atoms with Gasteiger partial charge in [0, 0.05) is 23.5 Å². The predicted molar refractivity (Wildman–Crippen MR) is 100 cm³/mol.